The molecule has 0 aromatic heterocycles. The maximum absolute atomic E-state index is 2.44. The maximum atomic E-state index is 2.44. The summed E-state index contributed by atoms with van der Waals surface area (Å²) in [6.45, 7) is 7.06. The van der Waals surface area contributed by atoms with Crippen molar-refractivity contribution in [3.63, 3.8) is 0 Å². The van der Waals surface area contributed by atoms with Gasteiger partial charge in [0.25, 0.3) is 0 Å². The minimum absolute atomic E-state index is 0.962. The molecule has 0 aliphatic rings. The standard InChI is InChI=1S/C35H72/c1-4-6-7-8-9-10-11-12-13-14-15-16-17-18-19-20-21-22-23-24-25-26-27-28-29-30-31-32-34-35(3)33-5-2/h35H,4-34H2,1-3H3/t35-/m0/s1. The maximum Gasteiger partial charge on any atom is -0.0443 e. The molecule has 0 rings (SSSR count). The van der Waals surface area contributed by atoms with Gasteiger partial charge in [-0.2, -0.15) is 0 Å². The highest BCUT2D eigenvalue weighted by Gasteiger charge is 2.00. The van der Waals surface area contributed by atoms with Gasteiger partial charge in [-0.15, -0.1) is 0 Å². The van der Waals surface area contributed by atoms with Crippen molar-refractivity contribution in [3.05, 3.63) is 0 Å². The number of unbranched alkanes of at least 4 members (excludes halogenated alkanes) is 27. The molecule has 1 atom stereocenters. The molecule has 0 heteroatoms. The second-order valence-corrected chi connectivity index (χ2v) is 12.2. The zero-order valence-electron chi connectivity index (χ0n) is 25.5. The molecule has 0 aliphatic carbocycles. The molecular formula is C35H72. The molecular weight excluding hydrogens is 420 g/mol. The Labute approximate surface area is 225 Å². The summed E-state index contributed by atoms with van der Waals surface area (Å²) in [7, 11) is 0. The normalized spacial score (nSPS) is 12.4. The van der Waals surface area contributed by atoms with Crippen LogP contribution in [0.3, 0.4) is 0 Å². The van der Waals surface area contributed by atoms with Crippen LogP contribution in [0.5, 0.6) is 0 Å². The minimum Gasteiger partial charge on any atom is -0.0654 e. The summed E-state index contributed by atoms with van der Waals surface area (Å²) in [5.74, 6) is 0.962. The second kappa shape index (κ2) is 32.0. The largest absolute Gasteiger partial charge is 0.0654 e. The minimum atomic E-state index is 0.962. The van der Waals surface area contributed by atoms with Crippen molar-refractivity contribution in [2.24, 2.45) is 5.92 Å². The van der Waals surface area contributed by atoms with Crippen LogP contribution >= 0.6 is 0 Å². The Bertz CT molecular complexity index is 346. The third-order valence-corrected chi connectivity index (χ3v) is 8.33. The molecule has 0 amide bonds. The highest BCUT2D eigenvalue weighted by atomic mass is 14.1. The highest BCUT2D eigenvalue weighted by Crippen LogP contribution is 2.18. The van der Waals surface area contributed by atoms with Gasteiger partial charge in [-0.1, -0.05) is 220 Å². The molecule has 0 aliphatic heterocycles. The average molecular weight is 493 g/mol. The quantitative estimate of drug-likeness (QED) is 0.0844. The molecule has 0 radical (unpaired) electrons. The summed E-state index contributed by atoms with van der Waals surface area (Å²) in [4.78, 5) is 0. The Kier molecular flexibility index (Phi) is 32.0. The molecule has 0 fully saturated rings. The first-order chi connectivity index (χ1) is 17.3. The van der Waals surface area contributed by atoms with Crippen molar-refractivity contribution < 1.29 is 0 Å². The van der Waals surface area contributed by atoms with E-state index in [9.17, 15) is 0 Å². The van der Waals surface area contributed by atoms with Crippen molar-refractivity contribution in [1.82, 2.24) is 0 Å². The van der Waals surface area contributed by atoms with E-state index in [0.29, 0.717) is 0 Å². The van der Waals surface area contributed by atoms with Crippen molar-refractivity contribution in [1.29, 1.82) is 0 Å². The lowest BCUT2D eigenvalue weighted by molar-refractivity contribution is 0.449. The van der Waals surface area contributed by atoms with Crippen LogP contribution in [0.15, 0.2) is 0 Å². The van der Waals surface area contributed by atoms with Gasteiger partial charge >= 0.3 is 0 Å². The zero-order chi connectivity index (χ0) is 25.5. The van der Waals surface area contributed by atoms with E-state index in [0.717, 1.165) is 5.92 Å². The van der Waals surface area contributed by atoms with Gasteiger partial charge in [-0.05, 0) is 5.92 Å². The van der Waals surface area contributed by atoms with Gasteiger partial charge in [-0.3, -0.25) is 0 Å². The van der Waals surface area contributed by atoms with Gasteiger partial charge in [0.2, 0.25) is 0 Å². The fourth-order valence-electron chi connectivity index (χ4n) is 5.80. The Hall–Kier alpha value is 0. The van der Waals surface area contributed by atoms with Crippen LogP contribution in [0.2, 0.25) is 0 Å². The molecule has 212 valence electrons. The van der Waals surface area contributed by atoms with Crippen molar-refractivity contribution in [2.75, 3.05) is 0 Å². The fourth-order valence-corrected chi connectivity index (χ4v) is 5.80. The van der Waals surface area contributed by atoms with Gasteiger partial charge in [0, 0.05) is 0 Å². The lowest BCUT2D eigenvalue weighted by Gasteiger charge is -2.09. The lowest BCUT2D eigenvalue weighted by Crippen LogP contribution is -1.93. The van der Waals surface area contributed by atoms with Crippen LogP contribution in [-0.2, 0) is 0 Å². The van der Waals surface area contributed by atoms with E-state index in [1.165, 1.54) is 199 Å². The van der Waals surface area contributed by atoms with E-state index in [4.69, 9.17) is 0 Å². The average Bonchev–Trinajstić information content (AvgIpc) is 2.86. The van der Waals surface area contributed by atoms with E-state index in [1.807, 2.05) is 0 Å². The van der Waals surface area contributed by atoms with E-state index >= 15 is 0 Å². The molecule has 0 saturated heterocycles. The van der Waals surface area contributed by atoms with Gasteiger partial charge in [0.05, 0.1) is 0 Å². The van der Waals surface area contributed by atoms with Crippen LogP contribution < -0.4 is 0 Å². The third-order valence-electron chi connectivity index (χ3n) is 8.33. The predicted octanol–water partition coefficient (Wildman–Crippen LogP) is 13.8. The Morgan fingerprint density at radius 2 is 0.486 bits per heavy atom. The number of hydrogen-bond acceptors (Lipinski definition) is 0. The highest BCUT2D eigenvalue weighted by molar-refractivity contribution is 4.54. The van der Waals surface area contributed by atoms with E-state index < -0.39 is 0 Å². The molecule has 0 bridgehead atoms. The summed E-state index contributed by atoms with van der Waals surface area (Å²) in [5.41, 5.74) is 0. The van der Waals surface area contributed by atoms with Crippen LogP contribution in [0, 0.1) is 5.92 Å². The van der Waals surface area contributed by atoms with Gasteiger partial charge < -0.3 is 0 Å². The summed E-state index contributed by atoms with van der Waals surface area (Å²) in [6.07, 6.45) is 45.8. The summed E-state index contributed by atoms with van der Waals surface area (Å²) >= 11 is 0. The summed E-state index contributed by atoms with van der Waals surface area (Å²) < 4.78 is 0. The van der Waals surface area contributed by atoms with E-state index in [2.05, 4.69) is 20.8 Å². The molecule has 0 aromatic rings. The van der Waals surface area contributed by atoms with Crippen molar-refractivity contribution >= 4 is 0 Å². The monoisotopic (exact) mass is 493 g/mol. The Morgan fingerprint density at radius 3 is 0.714 bits per heavy atom. The number of hydrogen-bond donors (Lipinski definition) is 0. The smallest absolute Gasteiger partial charge is 0.0443 e. The van der Waals surface area contributed by atoms with Gasteiger partial charge in [0.15, 0.2) is 0 Å². The van der Waals surface area contributed by atoms with Crippen LogP contribution in [-0.4, -0.2) is 0 Å². The first-order valence-corrected chi connectivity index (χ1v) is 17.3. The summed E-state index contributed by atoms with van der Waals surface area (Å²) in [5, 5.41) is 0. The number of rotatable bonds is 31. The molecule has 0 N–H and O–H groups in total. The topological polar surface area (TPSA) is 0 Å². The van der Waals surface area contributed by atoms with E-state index in [-0.39, 0.29) is 0 Å². The van der Waals surface area contributed by atoms with Crippen molar-refractivity contribution in [2.45, 2.75) is 220 Å². The zero-order valence-corrected chi connectivity index (χ0v) is 25.5. The van der Waals surface area contributed by atoms with Crippen LogP contribution in [0.25, 0.3) is 0 Å². The van der Waals surface area contributed by atoms with Crippen LogP contribution in [0.4, 0.5) is 0 Å². The molecule has 0 heterocycles. The second-order valence-electron chi connectivity index (χ2n) is 12.2. The van der Waals surface area contributed by atoms with E-state index in [1.54, 1.807) is 0 Å². The lowest BCUT2D eigenvalue weighted by atomic mass is 9.98. The van der Waals surface area contributed by atoms with Crippen LogP contribution in [0.1, 0.15) is 220 Å². The fraction of sp³-hybridized carbons (Fsp3) is 1.00. The molecule has 0 saturated carbocycles. The summed E-state index contributed by atoms with van der Waals surface area (Å²) in [6, 6.07) is 0. The molecule has 35 heavy (non-hydrogen) atoms. The van der Waals surface area contributed by atoms with Gasteiger partial charge in [-0.25, -0.2) is 0 Å². The third kappa shape index (κ3) is 32.0. The van der Waals surface area contributed by atoms with Gasteiger partial charge in [0.1, 0.15) is 0 Å². The Balaban J connectivity index is 3.03. The molecule has 0 nitrogen and oxygen atoms in total. The SMILES string of the molecule is CCCCCCCCCCCCCCCCCCCCCCCCCCCCCC[C@@H](C)CCC. The first-order valence-electron chi connectivity index (χ1n) is 17.3. The molecule has 0 spiro atoms. The molecule has 0 aromatic carbocycles. The Morgan fingerprint density at radius 1 is 0.257 bits per heavy atom. The van der Waals surface area contributed by atoms with Crippen molar-refractivity contribution in [3.8, 4) is 0 Å². The first kappa shape index (κ1) is 35.0. The predicted molar refractivity (Wildman–Crippen MR) is 164 cm³/mol. The molecule has 0 unspecified atom stereocenters.